The molecular formula is C12H21N3O2. The van der Waals surface area contributed by atoms with Gasteiger partial charge in [0.05, 0.1) is 19.2 Å². The predicted molar refractivity (Wildman–Crippen MR) is 66.4 cm³/mol. The van der Waals surface area contributed by atoms with Gasteiger partial charge in [-0.25, -0.2) is 0 Å². The Morgan fingerprint density at radius 3 is 2.94 bits per heavy atom. The molecule has 1 saturated heterocycles. The molecule has 0 spiro atoms. The maximum atomic E-state index is 11.9. The normalized spacial score (nSPS) is 24.1. The molecule has 0 saturated carbocycles. The van der Waals surface area contributed by atoms with Gasteiger partial charge in [0.1, 0.15) is 0 Å². The van der Waals surface area contributed by atoms with Crippen molar-refractivity contribution in [3.8, 4) is 12.3 Å². The number of likely N-dealkylation sites (tertiary alicyclic amines) is 1. The first-order valence-electron chi connectivity index (χ1n) is 5.81. The monoisotopic (exact) mass is 239 g/mol. The first-order valence-corrected chi connectivity index (χ1v) is 5.81. The summed E-state index contributed by atoms with van der Waals surface area (Å²) in [4.78, 5) is 15.7. The van der Waals surface area contributed by atoms with Gasteiger partial charge in [-0.3, -0.25) is 10.1 Å². The molecule has 2 unspecified atom stereocenters. The zero-order valence-electron chi connectivity index (χ0n) is 10.5. The van der Waals surface area contributed by atoms with E-state index in [0.29, 0.717) is 19.5 Å². The molecule has 1 heterocycles. The molecule has 17 heavy (non-hydrogen) atoms. The van der Waals surface area contributed by atoms with E-state index in [4.69, 9.17) is 6.42 Å². The van der Waals surface area contributed by atoms with Crippen LogP contribution >= 0.6 is 0 Å². The minimum Gasteiger partial charge on any atom is -0.391 e. The van der Waals surface area contributed by atoms with Crippen molar-refractivity contribution in [1.82, 2.24) is 15.1 Å². The van der Waals surface area contributed by atoms with Crippen molar-refractivity contribution in [2.75, 3.05) is 40.3 Å². The summed E-state index contributed by atoms with van der Waals surface area (Å²) in [6.45, 7) is 1.83. The molecule has 1 amide bonds. The van der Waals surface area contributed by atoms with Crippen LogP contribution in [0.4, 0.5) is 0 Å². The number of terminal acetylenes is 1. The van der Waals surface area contributed by atoms with Crippen molar-refractivity contribution >= 4 is 5.91 Å². The highest BCUT2D eigenvalue weighted by Crippen LogP contribution is 2.18. The number of rotatable bonds is 5. The van der Waals surface area contributed by atoms with Crippen LogP contribution < -0.4 is 5.32 Å². The molecule has 1 rings (SSSR count). The maximum Gasteiger partial charge on any atom is 0.236 e. The van der Waals surface area contributed by atoms with Crippen LogP contribution in [0, 0.1) is 12.3 Å². The molecule has 1 fully saturated rings. The summed E-state index contributed by atoms with van der Waals surface area (Å²) < 4.78 is 0. The van der Waals surface area contributed by atoms with E-state index >= 15 is 0 Å². The van der Waals surface area contributed by atoms with Crippen molar-refractivity contribution in [1.29, 1.82) is 0 Å². The second-order valence-corrected chi connectivity index (χ2v) is 4.66. The smallest absolute Gasteiger partial charge is 0.236 e. The Morgan fingerprint density at radius 1 is 1.65 bits per heavy atom. The second kappa shape index (κ2) is 6.60. The Labute approximate surface area is 103 Å². The quantitative estimate of drug-likeness (QED) is 0.464. The number of nitrogens with one attached hydrogen (secondary N) is 1. The first kappa shape index (κ1) is 14.0. The number of carbonyl (C=O) groups is 1. The van der Waals surface area contributed by atoms with Crippen LogP contribution in [0.15, 0.2) is 0 Å². The number of aliphatic hydroxyl groups excluding tert-OH is 1. The van der Waals surface area contributed by atoms with Crippen molar-refractivity contribution in [3.05, 3.63) is 0 Å². The summed E-state index contributed by atoms with van der Waals surface area (Å²) >= 11 is 0. The van der Waals surface area contributed by atoms with Gasteiger partial charge in [0.2, 0.25) is 5.91 Å². The third kappa shape index (κ3) is 4.35. The van der Waals surface area contributed by atoms with Crippen LogP contribution in [-0.2, 0) is 4.79 Å². The topological polar surface area (TPSA) is 55.8 Å². The first-order chi connectivity index (χ1) is 8.04. The summed E-state index contributed by atoms with van der Waals surface area (Å²) in [5.41, 5.74) is 0. The molecule has 2 atom stereocenters. The molecule has 0 radical (unpaired) electrons. The lowest BCUT2D eigenvalue weighted by Gasteiger charge is -2.26. The van der Waals surface area contributed by atoms with Gasteiger partial charge in [-0.1, -0.05) is 5.92 Å². The van der Waals surface area contributed by atoms with E-state index in [-0.39, 0.29) is 18.5 Å². The third-order valence-electron chi connectivity index (χ3n) is 2.79. The molecule has 5 nitrogen and oxygen atoms in total. The van der Waals surface area contributed by atoms with E-state index in [9.17, 15) is 9.90 Å². The van der Waals surface area contributed by atoms with Crippen molar-refractivity contribution in [2.24, 2.45) is 0 Å². The number of nitrogens with zero attached hydrogens (tertiary/aromatic N) is 2. The standard InChI is InChI=1S/C12H21N3O2/c1-4-5-13-7-12(17)15-9-11(16)6-10(15)8-14(2)3/h1,10-11,13,16H,5-9H2,2-3H3. The zero-order chi connectivity index (χ0) is 12.8. The Bertz CT molecular complexity index is 299. The Hall–Kier alpha value is -1.09. The summed E-state index contributed by atoms with van der Waals surface area (Å²) in [6, 6.07) is 0.0973. The minimum absolute atomic E-state index is 0.00338. The number of amides is 1. The number of likely N-dealkylation sites (N-methyl/N-ethyl adjacent to an activating group) is 1. The zero-order valence-corrected chi connectivity index (χ0v) is 10.5. The van der Waals surface area contributed by atoms with Gasteiger partial charge in [-0.05, 0) is 20.5 Å². The highest BCUT2D eigenvalue weighted by Gasteiger charge is 2.33. The molecule has 0 aliphatic carbocycles. The lowest BCUT2D eigenvalue weighted by Crippen LogP contribution is -2.45. The number of carbonyl (C=O) groups excluding carboxylic acids is 1. The molecule has 0 aromatic heterocycles. The average Bonchev–Trinajstić information content (AvgIpc) is 2.58. The van der Waals surface area contributed by atoms with Gasteiger partial charge < -0.3 is 14.9 Å². The third-order valence-corrected chi connectivity index (χ3v) is 2.79. The fraction of sp³-hybridized carbons (Fsp3) is 0.750. The molecule has 0 aromatic rings. The van der Waals surface area contributed by atoms with Gasteiger partial charge in [-0.2, -0.15) is 0 Å². The van der Waals surface area contributed by atoms with E-state index in [1.54, 1.807) is 4.90 Å². The summed E-state index contributed by atoms with van der Waals surface area (Å²) in [5, 5.41) is 12.5. The van der Waals surface area contributed by atoms with Crippen LogP contribution in [0.3, 0.4) is 0 Å². The van der Waals surface area contributed by atoms with Gasteiger partial charge in [-0.15, -0.1) is 6.42 Å². The molecular weight excluding hydrogens is 218 g/mol. The summed E-state index contributed by atoms with van der Waals surface area (Å²) in [6.07, 6.45) is 5.35. The van der Waals surface area contributed by atoms with Crippen LogP contribution in [0.2, 0.25) is 0 Å². The van der Waals surface area contributed by atoms with Gasteiger partial charge >= 0.3 is 0 Å². The number of β-amino-alcohol motifs (C(OH)–C–C–N with tert-alkyl or cyclic N) is 1. The maximum absolute atomic E-state index is 11.9. The molecule has 2 N–H and O–H groups in total. The van der Waals surface area contributed by atoms with E-state index in [1.807, 2.05) is 19.0 Å². The second-order valence-electron chi connectivity index (χ2n) is 4.66. The van der Waals surface area contributed by atoms with E-state index in [0.717, 1.165) is 6.54 Å². The highest BCUT2D eigenvalue weighted by molar-refractivity contribution is 5.79. The molecule has 1 aliphatic heterocycles. The minimum atomic E-state index is -0.406. The van der Waals surface area contributed by atoms with Crippen molar-refractivity contribution in [2.45, 2.75) is 18.6 Å². The van der Waals surface area contributed by atoms with Crippen molar-refractivity contribution in [3.63, 3.8) is 0 Å². The largest absolute Gasteiger partial charge is 0.391 e. The Balaban J connectivity index is 2.48. The molecule has 0 aromatic carbocycles. The van der Waals surface area contributed by atoms with E-state index in [2.05, 4.69) is 11.2 Å². The van der Waals surface area contributed by atoms with Gasteiger partial charge in [0.15, 0.2) is 0 Å². The van der Waals surface area contributed by atoms with E-state index < -0.39 is 6.10 Å². The van der Waals surface area contributed by atoms with Crippen LogP contribution in [0.25, 0.3) is 0 Å². The Kier molecular flexibility index (Phi) is 5.42. The van der Waals surface area contributed by atoms with Crippen molar-refractivity contribution < 1.29 is 9.90 Å². The Morgan fingerprint density at radius 2 is 2.35 bits per heavy atom. The molecule has 0 bridgehead atoms. The van der Waals surface area contributed by atoms with Gasteiger partial charge in [0, 0.05) is 19.1 Å². The fourth-order valence-corrected chi connectivity index (χ4v) is 2.14. The molecule has 96 valence electrons. The SMILES string of the molecule is C#CCNCC(=O)N1CC(O)CC1CN(C)C. The summed E-state index contributed by atoms with van der Waals surface area (Å²) in [7, 11) is 3.92. The van der Waals surface area contributed by atoms with Crippen LogP contribution in [-0.4, -0.2) is 73.2 Å². The molecule has 1 aliphatic rings. The lowest BCUT2D eigenvalue weighted by molar-refractivity contribution is -0.131. The summed E-state index contributed by atoms with van der Waals surface area (Å²) in [5.74, 6) is 2.43. The highest BCUT2D eigenvalue weighted by atomic mass is 16.3. The average molecular weight is 239 g/mol. The lowest BCUT2D eigenvalue weighted by atomic mass is 10.2. The van der Waals surface area contributed by atoms with Crippen LogP contribution in [0.1, 0.15) is 6.42 Å². The number of hydrogen-bond acceptors (Lipinski definition) is 4. The molecule has 5 heteroatoms. The van der Waals surface area contributed by atoms with E-state index in [1.165, 1.54) is 0 Å². The number of aliphatic hydroxyl groups is 1. The predicted octanol–water partition coefficient (Wildman–Crippen LogP) is -1.27. The fourth-order valence-electron chi connectivity index (χ4n) is 2.14. The van der Waals surface area contributed by atoms with Crippen LogP contribution in [0.5, 0.6) is 0 Å². The van der Waals surface area contributed by atoms with Gasteiger partial charge in [0.25, 0.3) is 0 Å². The number of hydrogen-bond donors (Lipinski definition) is 2.